The topological polar surface area (TPSA) is 83.6 Å². The Bertz CT molecular complexity index is 634. The molecule has 0 saturated heterocycles. The van der Waals surface area contributed by atoms with Gasteiger partial charge in [-0.25, -0.2) is 0 Å². The van der Waals surface area contributed by atoms with Gasteiger partial charge in [0.1, 0.15) is 5.69 Å². The van der Waals surface area contributed by atoms with Crippen LogP contribution in [0.2, 0.25) is 0 Å². The van der Waals surface area contributed by atoms with Crippen molar-refractivity contribution in [2.24, 2.45) is 0 Å². The molecule has 114 valence electrons. The number of hydrogen-bond acceptors (Lipinski definition) is 5. The van der Waals surface area contributed by atoms with Gasteiger partial charge in [-0.2, -0.15) is 18.3 Å². The highest BCUT2D eigenvalue weighted by Crippen LogP contribution is 2.27. The van der Waals surface area contributed by atoms with Gasteiger partial charge < -0.3 is 5.32 Å². The molecule has 1 amide bonds. The minimum Gasteiger partial charge on any atom is -0.346 e. The predicted octanol–water partition coefficient (Wildman–Crippen LogP) is 2.33. The molecule has 0 aliphatic heterocycles. The molecule has 2 heterocycles. The quantitative estimate of drug-likeness (QED) is 0.906. The maximum absolute atomic E-state index is 12.4. The zero-order valence-electron chi connectivity index (χ0n) is 11.2. The number of carbonyl (C=O) groups excluding carboxylic acids is 1. The summed E-state index contributed by atoms with van der Waals surface area (Å²) in [6, 6.07) is 0.670. The SMILES string of the molecule is CC(C)c1nnsc1CNC(=O)c1cc(C(F)(F)F)[nH]n1. The number of nitrogens with zero attached hydrogens (tertiary/aromatic N) is 3. The van der Waals surface area contributed by atoms with E-state index in [1.807, 2.05) is 13.8 Å². The summed E-state index contributed by atoms with van der Waals surface area (Å²) in [6.45, 7) is 4.02. The van der Waals surface area contributed by atoms with Crippen molar-refractivity contribution in [3.05, 3.63) is 28.0 Å². The Labute approximate surface area is 121 Å². The molecule has 0 unspecified atom stereocenters. The second-order valence-corrected chi connectivity index (χ2v) is 5.42. The Morgan fingerprint density at radius 1 is 1.48 bits per heavy atom. The lowest BCUT2D eigenvalue weighted by Crippen LogP contribution is -2.23. The van der Waals surface area contributed by atoms with E-state index in [9.17, 15) is 18.0 Å². The van der Waals surface area contributed by atoms with Crippen LogP contribution in [0.15, 0.2) is 6.07 Å². The van der Waals surface area contributed by atoms with E-state index in [2.05, 4.69) is 20.0 Å². The summed E-state index contributed by atoms with van der Waals surface area (Å²) < 4.78 is 41.0. The van der Waals surface area contributed by atoms with Gasteiger partial charge in [-0.1, -0.05) is 18.3 Å². The van der Waals surface area contributed by atoms with E-state index in [0.717, 1.165) is 22.1 Å². The van der Waals surface area contributed by atoms with E-state index in [1.165, 1.54) is 0 Å². The van der Waals surface area contributed by atoms with Crippen LogP contribution in [-0.2, 0) is 12.7 Å². The first-order chi connectivity index (χ1) is 9.79. The fourth-order valence-corrected chi connectivity index (χ4v) is 2.34. The van der Waals surface area contributed by atoms with Crippen molar-refractivity contribution >= 4 is 17.4 Å². The average molecular weight is 319 g/mol. The van der Waals surface area contributed by atoms with Crippen molar-refractivity contribution in [2.75, 3.05) is 0 Å². The number of H-pyrrole nitrogens is 1. The Morgan fingerprint density at radius 3 is 2.76 bits per heavy atom. The maximum Gasteiger partial charge on any atom is 0.432 e. The summed E-state index contributed by atoms with van der Waals surface area (Å²) >= 11 is 1.14. The van der Waals surface area contributed by atoms with E-state index in [0.29, 0.717) is 6.07 Å². The monoisotopic (exact) mass is 319 g/mol. The van der Waals surface area contributed by atoms with Gasteiger partial charge in [0.05, 0.1) is 17.1 Å². The molecular weight excluding hydrogens is 307 g/mol. The molecule has 2 rings (SSSR count). The van der Waals surface area contributed by atoms with Gasteiger partial charge >= 0.3 is 6.18 Å². The lowest BCUT2D eigenvalue weighted by atomic mass is 10.1. The summed E-state index contributed by atoms with van der Waals surface area (Å²) in [5, 5.41) is 11.6. The number of nitrogens with one attached hydrogen (secondary N) is 2. The van der Waals surface area contributed by atoms with Crippen LogP contribution in [0.25, 0.3) is 0 Å². The summed E-state index contributed by atoms with van der Waals surface area (Å²) in [7, 11) is 0. The number of amides is 1. The Morgan fingerprint density at radius 2 is 2.19 bits per heavy atom. The zero-order valence-corrected chi connectivity index (χ0v) is 12.0. The van der Waals surface area contributed by atoms with Gasteiger partial charge in [-0.15, -0.1) is 5.10 Å². The molecule has 0 bridgehead atoms. The van der Waals surface area contributed by atoms with E-state index in [1.54, 1.807) is 5.10 Å². The molecule has 0 spiro atoms. The number of halogens is 3. The third-order valence-corrected chi connectivity index (χ3v) is 3.39. The van der Waals surface area contributed by atoms with Gasteiger partial charge in [-0.3, -0.25) is 9.89 Å². The normalized spacial score (nSPS) is 11.9. The highest BCUT2D eigenvalue weighted by molar-refractivity contribution is 7.05. The van der Waals surface area contributed by atoms with Crippen molar-refractivity contribution in [3.63, 3.8) is 0 Å². The van der Waals surface area contributed by atoms with Crippen molar-refractivity contribution < 1.29 is 18.0 Å². The summed E-state index contributed by atoms with van der Waals surface area (Å²) in [6.07, 6.45) is -4.56. The molecule has 6 nitrogen and oxygen atoms in total. The van der Waals surface area contributed by atoms with Gasteiger partial charge in [0.15, 0.2) is 5.69 Å². The van der Waals surface area contributed by atoms with Gasteiger partial charge in [0.2, 0.25) is 0 Å². The van der Waals surface area contributed by atoms with E-state index in [4.69, 9.17) is 0 Å². The first kappa shape index (κ1) is 15.4. The van der Waals surface area contributed by atoms with Crippen LogP contribution in [0, 0.1) is 0 Å². The third-order valence-electron chi connectivity index (χ3n) is 2.66. The first-order valence-electron chi connectivity index (χ1n) is 6.01. The Kier molecular flexibility index (Phi) is 4.26. The molecule has 0 aliphatic rings. The summed E-state index contributed by atoms with van der Waals surface area (Å²) in [5.41, 5.74) is -0.612. The van der Waals surface area contributed by atoms with Crippen molar-refractivity contribution in [1.29, 1.82) is 0 Å². The van der Waals surface area contributed by atoms with Crippen LogP contribution in [0.5, 0.6) is 0 Å². The number of aromatic amines is 1. The molecule has 0 atom stereocenters. The molecule has 21 heavy (non-hydrogen) atoms. The summed E-state index contributed by atoms with van der Waals surface area (Å²) in [5.74, 6) is -0.539. The standard InChI is InChI=1S/C11H12F3N5OS/c1-5(2)9-7(21-19-18-9)4-15-10(20)6-3-8(17-16-6)11(12,13)14/h3,5H,4H2,1-2H3,(H,15,20)(H,16,17). The lowest BCUT2D eigenvalue weighted by Gasteiger charge is -2.04. The van der Waals surface area contributed by atoms with E-state index >= 15 is 0 Å². The second kappa shape index (κ2) is 5.80. The smallest absolute Gasteiger partial charge is 0.346 e. The Balaban J connectivity index is 2.02. The molecule has 0 radical (unpaired) electrons. The van der Waals surface area contributed by atoms with Crippen LogP contribution < -0.4 is 5.32 Å². The summed E-state index contributed by atoms with van der Waals surface area (Å²) in [4.78, 5) is 12.5. The molecule has 10 heteroatoms. The minimum absolute atomic E-state index is 0.151. The molecule has 2 N–H and O–H groups in total. The molecule has 2 aromatic rings. The third kappa shape index (κ3) is 3.57. The number of carbonyl (C=O) groups is 1. The molecule has 2 aromatic heterocycles. The fraction of sp³-hybridized carbons (Fsp3) is 0.455. The number of aromatic nitrogens is 4. The minimum atomic E-state index is -4.56. The zero-order chi connectivity index (χ0) is 15.6. The number of rotatable bonds is 4. The van der Waals surface area contributed by atoms with Gasteiger partial charge in [0.25, 0.3) is 5.91 Å². The highest BCUT2D eigenvalue weighted by Gasteiger charge is 2.33. The van der Waals surface area contributed by atoms with Crippen LogP contribution in [-0.4, -0.2) is 25.7 Å². The fourth-order valence-electron chi connectivity index (χ4n) is 1.61. The van der Waals surface area contributed by atoms with Crippen LogP contribution in [0.3, 0.4) is 0 Å². The first-order valence-corrected chi connectivity index (χ1v) is 6.78. The highest BCUT2D eigenvalue weighted by atomic mass is 32.1. The number of hydrogen-bond donors (Lipinski definition) is 2. The molecule has 0 saturated carbocycles. The lowest BCUT2D eigenvalue weighted by molar-refractivity contribution is -0.141. The molecule has 0 fully saturated rings. The average Bonchev–Trinajstić information content (AvgIpc) is 3.03. The predicted molar refractivity (Wildman–Crippen MR) is 68.8 cm³/mol. The second-order valence-electron chi connectivity index (χ2n) is 4.58. The van der Waals surface area contributed by atoms with Crippen molar-refractivity contribution in [3.8, 4) is 0 Å². The number of alkyl halides is 3. The molecule has 0 aromatic carbocycles. The molecule has 0 aliphatic carbocycles. The maximum atomic E-state index is 12.4. The van der Waals surface area contributed by atoms with Crippen LogP contribution >= 0.6 is 11.5 Å². The van der Waals surface area contributed by atoms with Crippen LogP contribution in [0.1, 0.15) is 46.5 Å². The van der Waals surface area contributed by atoms with Crippen molar-refractivity contribution in [2.45, 2.75) is 32.5 Å². The van der Waals surface area contributed by atoms with E-state index in [-0.39, 0.29) is 18.2 Å². The van der Waals surface area contributed by atoms with Crippen molar-refractivity contribution in [1.82, 2.24) is 25.1 Å². The van der Waals surface area contributed by atoms with Gasteiger partial charge in [-0.05, 0) is 17.5 Å². The van der Waals surface area contributed by atoms with E-state index < -0.39 is 17.8 Å². The van der Waals surface area contributed by atoms with Gasteiger partial charge in [0, 0.05) is 6.07 Å². The Hall–Kier alpha value is -1.97. The largest absolute Gasteiger partial charge is 0.432 e. The molecular formula is C11H12F3N5OS. The van der Waals surface area contributed by atoms with Crippen LogP contribution in [0.4, 0.5) is 13.2 Å².